The zero-order chi connectivity index (χ0) is 21.8. The Balaban J connectivity index is 1.70. The fourth-order valence-corrected chi connectivity index (χ4v) is 2.91. The van der Waals surface area contributed by atoms with Crippen molar-refractivity contribution in [1.82, 2.24) is 9.97 Å². The number of carbonyl (C=O) groups excluding carboxylic acids is 3. The summed E-state index contributed by atoms with van der Waals surface area (Å²) in [6, 6.07) is 7.32. The zero-order valence-electron chi connectivity index (χ0n) is 15.6. The average Bonchev–Trinajstić information content (AvgIpc) is 3.18. The molecule has 0 unspecified atom stereocenters. The Bertz CT molecular complexity index is 1110. The van der Waals surface area contributed by atoms with Crippen LogP contribution in [0.4, 0.5) is 20.2 Å². The number of aromatic nitrogens is 2. The van der Waals surface area contributed by atoms with E-state index in [1.165, 1.54) is 30.6 Å². The number of Topliss-reactive ketones (excluding diaryl/α,β-unsaturated/α-hetero) is 1. The van der Waals surface area contributed by atoms with Gasteiger partial charge in [0.1, 0.15) is 23.0 Å². The molecule has 3 rings (SSSR count). The molecule has 1 heterocycles. The first kappa shape index (κ1) is 21.1. The van der Waals surface area contributed by atoms with Crippen LogP contribution in [0.5, 0.6) is 0 Å². The van der Waals surface area contributed by atoms with Gasteiger partial charge in [-0.25, -0.2) is 13.8 Å². The summed E-state index contributed by atoms with van der Waals surface area (Å²) in [6.45, 7) is 1.66. The van der Waals surface area contributed by atoms with Gasteiger partial charge < -0.3 is 15.6 Å². The first-order valence-corrected chi connectivity index (χ1v) is 9.11. The van der Waals surface area contributed by atoms with Crippen LogP contribution in [-0.4, -0.2) is 27.6 Å². The molecule has 3 N–H and O–H groups in total. The molecule has 0 fully saturated rings. The van der Waals surface area contributed by atoms with Crippen LogP contribution in [0.25, 0.3) is 0 Å². The fourth-order valence-electron chi connectivity index (χ4n) is 2.63. The zero-order valence-corrected chi connectivity index (χ0v) is 16.3. The highest BCUT2D eigenvalue weighted by Crippen LogP contribution is 2.23. The molecule has 0 atom stereocenters. The van der Waals surface area contributed by atoms with Crippen molar-refractivity contribution in [3.63, 3.8) is 0 Å². The third-order valence-corrected chi connectivity index (χ3v) is 4.38. The van der Waals surface area contributed by atoms with Crippen LogP contribution in [0.1, 0.15) is 44.7 Å². The molecule has 0 radical (unpaired) electrons. The van der Waals surface area contributed by atoms with Crippen LogP contribution in [0.2, 0.25) is 5.02 Å². The number of rotatable bonds is 6. The number of nitrogens with one attached hydrogen (secondary N) is 3. The summed E-state index contributed by atoms with van der Waals surface area (Å²) in [6.07, 6.45) is 1.47. The Hall–Kier alpha value is -3.59. The van der Waals surface area contributed by atoms with E-state index in [9.17, 15) is 23.2 Å². The highest BCUT2D eigenvalue weighted by atomic mass is 35.5. The summed E-state index contributed by atoms with van der Waals surface area (Å²) < 4.78 is 27.0. The third kappa shape index (κ3) is 4.52. The molecule has 0 aliphatic heterocycles. The normalized spacial score (nSPS) is 10.5. The van der Waals surface area contributed by atoms with Gasteiger partial charge in [0.25, 0.3) is 11.8 Å². The molecule has 10 heteroatoms. The summed E-state index contributed by atoms with van der Waals surface area (Å²) >= 11 is 5.75. The molecule has 0 aliphatic carbocycles. The lowest BCUT2D eigenvalue weighted by molar-refractivity contribution is 0.0963. The fraction of sp³-hybridized carbons (Fsp3) is 0.100. The van der Waals surface area contributed by atoms with Crippen molar-refractivity contribution in [2.24, 2.45) is 0 Å². The third-order valence-electron chi connectivity index (χ3n) is 4.09. The van der Waals surface area contributed by atoms with Crippen molar-refractivity contribution in [1.29, 1.82) is 0 Å². The first-order chi connectivity index (χ1) is 14.3. The minimum atomic E-state index is -1.08. The molecule has 3 aromatic rings. The van der Waals surface area contributed by atoms with Gasteiger partial charge in [0.2, 0.25) is 0 Å². The number of anilines is 2. The molecule has 30 heavy (non-hydrogen) atoms. The Morgan fingerprint density at radius 2 is 1.63 bits per heavy atom. The minimum absolute atomic E-state index is 0.0423. The molecule has 0 bridgehead atoms. The molecule has 0 spiro atoms. The van der Waals surface area contributed by atoms with E-state index < -0.39 is 29.0 Å². The lowest BCUT2D eigenvalue weighted by Crippen LogP contribution is -2.17. The Morgan fingerprint density at radius 1 is 1.03 bits per heavy atom. The second-order valence-corrected chi connectivity index (χ2v) is 6.54. The first-order valence-electron chi connectivity index (χ1n) is 8.74. The maximum absolute atomic E-state index is 13.9. The number of hydrogen-bond donors (Lipinski definition) is 3. The van der Waals surface area contributed by atoms with E-state index in [0.717, 1.165) is 6.07 Å². The van der Waals surface area contributed by atoms with Crippen molar-refractivity contribution in [2.75, 3.05) is 10.6 Å². The van der Waals surface area contributed by atoms with Gasteiger partial charge in [0, 0.05) is 23.9 Å². The van der Waals surface area contributed by atoms with Crippen LogP contribution in [-0.2, 0) is 0 Å². The van der Waals surface area contributed by atoms with E-state index in [0.29, 0.717) is 17.4 Å². The Kier molecular flexibility index (Phi) is 6.22. The molecule has 7 nitrogen and oxygen atoms in total. The van der Waals surface area contributed by atoms with Gasteiger partial charge in [-0.2, -0.15) is 0 Å². The van der Waals surface area contributed by atoms with Crippen molar-refractivity contribution in [2.45, 2.75) is 13.3 Å². The number of hydrogen-bond acceptors (Lipinski definition) is 4. The minimum Gasteiger partial charge on any atom is -0.340 e. The quantitative estimate of drug-likeness (QED) is 0.501. The number of halogens is 3. The van der Waals surface area contributed by atoms with Gasteiger partial charge in [-0.15, -0.1) is 0 Å². The number of ketones is 1. The van der Waals surface area contributed by atoms with Gasteiger partial charge in [-0.05, 0) is 30.3 Å². The molecular weight excluding hydrogens is 418 g/mol. The summed E-state index contributed by atoms with van der Waals surface area (Å²) in [4.78, 5) is 42.9. The van der Waals surface area contributed by atoms with Crippen LogP contribution < -0.4 is 10.6 Å². The predicted molar refractivity (Wildman–Crippen MR) is 107 cm³/mol. The molecule has 0 aliphatic rings. The maximum atomic E-state index is 13.9. The second kappa shape index (κ2) is 8.83. The Labute approximate surface area is 174 Å². The molecule has 0 saturated carbocycles. The number of nitrogens with zero attached hydrogens (tertiary/aromatic N) is 1. The molecule has 0 saturated heterocycles. The van der Waals surface area contributed by atoms with Crippen LogP contribution >= 0.6 is 11.6 Å². The smallest absolute Gasteiger partial charge is 0.274 e. The number of amides is 2. The van der Waals surface area contributed by atoms with Crippen LogP contribution in [0.3, 0.4) is 0 Å². The summed E-state index contributed by atoms with van der Waals surface area (Å²) in [5.74, 6) is -3.66. The number of aromatic amines is 1. The number of carbonyl (C=O) groups is 3. The van der Waals surface area contributed by atoms with Crippen LogP contribution in [0, 0.1) is 11.6 Å². The largest absolute Gasteiger partial charge is 0.340 e. The topological polar surface area (TPSA) is 104 Å². The van der Waals surface area contributed by atoms with E-state index >= 15 is 0 Å². The van der Waals surface area contributed by atoms with E-state index in [1.54, 1.807) is 6.92 Å². The highest BCUT2D eigenvalue weighted by Gasteiger charge is 2.20. The molecule has 1 aromatic heterocycles. The molecular formula is C20H15ClF2N4O3. The average molecular weight is 433 g/mol. The van der Waals surface area contributed by atoms with Gasteiger partial charge in [0.15, 0.2) is 5.78 Å². The van der Waals surface area contributed by atoms with E-state index in [2.05, 4.69) is 20.6 Å². The Morgan fingerprint density at radius 3 is 2.20 bits per heavy atom. The SMILES string of the molecule is CCC(=O)c1nc[nH]c1C(=O)Nc1ccc(NC(=O)c2c(F)cc(F)cc2Cl)cc1. The second-order valence-electron chi connectivity index (χ2n) is 6.13. The van der Waals surface area contributed by atoms with E-state index in [-0.39, 0.29) is 28.6 Å². The predicted octanol–water partition coefficient (Wildman–Crippen LogP) is 4.44. The summed E-state index contributed by atoms with van der Waals surface area (Å²) in [7, 11) is 0. The van der Waals surface area contributed by atoms with Gasteiger partial charge in [0.05, 0.1) is 16.9 Å². The van der Waals surface area contributed by atoms with Gasteiger partial charge in [-0.1, -0.05) is 18.5 Å². The van der Waals surface area contributed by atoms with E-state index in [1.807, 2.05) is 0 Å². The van der Waals surface area contributed by atoms with Gasteiger partial charge >= 0.3 is 0 Å². The monoisotopic (exact) mass is 432 g/mol. The summed E-state index contributed by atoms with van der Waals surface area (Å²) in [5.41, 5.74) is 0.287. The van der Waals surface area contributed by atoms with Gasteiger partial charge in [-0.3, -0.25) is 14.4 Å². The number of benzene rings is 2. The standard InChI is InChI=1S/C20H15ClF2N4O3/c1-2-15(28)17-18(25-9-24-17)20(30)27-12-5-3-11(4-6-12)26-19(29)16-13(21)7-10(22)8-14(16)23/h3-9H,2H2,1H3,(H,24,25)(H,26,29)(H,27,30). The van der Waals surface area contributed by atoms with Crippen molar-refractivity contribution in [3.8, 4) is 0 Å². The van der Waals surface area contributed by atoms with Crippen molar-refractivity contribution in [3.05, 3.63) is 76.3 Å². The molecule has 154 valence electrons. The molecule has 2 amide bonds. The molecule has 2 aromatic carbocycles. The summed E-state index contributed by atoms with van der Waals surface area (Å²) in [5, 5.41) is 4.69. The number of imidazole rings is 1. The van der Waals surface area contributed by atoms with Crippen molar-refractivity contribution >= 4 is 40.6 Å². The lowest BCUT2D eigenvalue weighted by atomic mass is 10.1. The highest BCUT2D eigenvalue weighted by molar-refractivity contribution is 6.34. The van der Waals surface area contributed by atoms with E-state index in [4.69, 9.17) is 11.6 Å². The number of H-pyrrole nitrogens is 1. The van der Waals surface area contributed by atoms with Crippen LogP contribution in [0.15, 0.2) is 42.7 Å². The lowest BCUT2D eigenvalue weighted by Gasteiger charge is -2.09. The van der Waals surface area contributed by atoms with Crippen molar-refractivity contribution < 1.29 is 23.2 Å². The maximum Gasteiger partial charge on any atom is 0.274 e.